The molecule has 6 heteroatoms. The van der Waals surface area contributed by atoms with E-state index in [0.717, 1.165) is 45.8 Å². The maximum absolute atomic E-state index is 5.98. The number of methoxy groups -OCH3 is 3. The molecule has 0 bridgehead atoms. The van der Waals surface area contributed by atoms with Crippen molar-refractivity contribution in [1.29, 1.82) is 0 Å². The van der Waals surface area contributed by atoms with E-state index in [1.165, 1.54) is 5.56 Å². The van der Waals surface area contributed by atoms with Gasteiger partial charge in [-0.3, -0.25) is 0 Å². The highest BCUT2D eigenvalue weighted by Crippen LogP contribution is 2.34. The van der Waals surface area contributed by atoms with Gasteiger partial charge < -0.3 is 24.3 Å². The summed E-state index contributed by atoms with van der Waals surface area (Å²) in [4.78, 5) is 0. The van der Waals surface area contributed by atoms with Crippen LogP contribution in [0, 0.1) is 0 Å². The fourth-order valence-electron chi connectivity index (χ4n) is 3.21. The third-order valence-electron chi connectivity index (χ3n) is 4.92. The van der Waals surface area contributed by atoms with Gasteiger partial charge in [-0.15, -0.1) is 0 Å². The quantitative estimate of drug-likeness (QED) is 0.369. The third-order valence-corrected chi connectivity index (χ3v) is 5.66. The second-order valence-electron chi connectivity index (χ2n) is 6.98. The molecule has 0 unspecified atom stereocenters. The van der Waals surface area contributed by atoms with E-state index < -0.39 is 0 Å². The van der Waals surface area contributed by atoms with Gasteiger partial charge >= 0.3 is 0 Å². The van der Waals surface area contributed by atoms with E-state index in [1.54, 1.807) is 21.3 Å². The molecule has 3 aromatic rings. The average molecular weight is 486 g/mol. The van der Waals surface area contributed by atoms with Gasteiger partial charge in [0.25, 0.3) is 0 Å². The zero-order chi connectivity index (χ0) is 22.1. The molecule has 0 aliphatic carbocycles. The van der Waals surface area contributed by atoms with Crippen LogP contribution in [0.5, 0.6) is 23.0 Å². The summed E-state index contributed by atoms with van der Waals surface area (Å²) in [6.45, 7) is 2.03. The molecular formula is C25H28BrNO4. The minimum Gasteiger partial charge on any atom is -0.493 e. The summed E-state index contributed by atoms with van der Waals surface area (Å²) < 4.78 is 23.2. The summed E-state index contributed by atoms with van der Waals surface area (Å²) in [6.07, 6.45) is 0.882. The standard InChI is InChI=1S/C25H28BrNO4/c1-28-22-10-9-18(13-23(22)29-2)11-12-27-16-20-14-24(30-3)25(15-21(20)26)31-17-19-7-5-4-6-8-19/h4-10,13-15,27H,11-12,16-17H2,1-3H3. The SMILES string of the molecule is COc1ccc(CCNCc2cc(OC)c(OCc3ccccc3)cc2Br)cc1OC. The van der Waals surface area contributed by atoms with Crippen molar-refractivity contribution in [2.75, 3.05) is 27.9 Å². The molecule has 0 heterocycles. The molecular weight excluding hydrogens is 458 g/mol. The predicted octanol–water partition coefficient (Wildman–Crippen LogP) is 5.39. The number of benzene rings is 3. The van der Waals surface area contributed by atoms with Gasteiger partial charge in [0.05, 0.1) is 21.3 Å². The second-order valence-corrected chi connectivity index (χ2v) is 7.84. The van der Waals surface area contributed by atoms with Crippen LogP contribution in [-0.2, 0) is 19.6 Å². The van der Waals surface area contributed by atoms with Crippen molar-refractivity contribution in [3.05, 3.63) is 81.8 Å². The van der Waals surface area contributed by atoms with Crippen molar-refractivity contribution in [3.63, 3.8) is 0 Å². The zero-order valence-electron chi connectivity index (χ0n) is 18.1. The Bertz CT molecular complexity index is 979. The van der Waals surface area contributed by atoms with Crippen LogP contribution in [0.25, 0.3) is 0 Å². The van der Waals surface area contributed by atoms with Crippen LogP contribution < -0.4 is 24.3 Å². The van der Waals surface area contributed by atoms with Crippen molar-refractivity contribution >= 4 is 15.9 Å². The molecule has 5 nitrogen and oxygen atoms in total. The predicted molar refractivity (Wildman–Crippen MR) is 126 cm³/mol. The first-order valence-corrected chi connectivity index (χ1v) is 10.9. The molecule has 1 N–H and O–H groups in total. The molecule has 3 rings (SSSR count). The largest absolute Gasteiger partial charge is 0.493 e. The Morgan fingerprint density at radius 3 is 2.16 bits per heavy atom. The van der Waals surface area contributed by atoms with E-state index in [-0.39, 0.29) is 0 Å². The molecule has 31 heavy (non-hydrogen) atoms. The molecule has 0 fully saturated rings. The molecule has 0 aromatic heterocycles. The first-order chi connectivity index (χ1) is 15.1. The molecule has 0 aliphatic rings. The van der Waals surface area contributed by atoms with Crippen LogP contribution >= 0.6 is 15.9 Å². The first kappa shape index (κ1) is 23.0. The Morgan fingerprint density at radius 1 is 0.742 bits per heavy atom. The number of ether oxygens (including phenoxy) is 4. The minimum atomic E-state index is 0.493. The average Bonchev–Trinajstić information content (AvgIpc) is 2.81. The summed E-state index contributed by atoms with van der Waals surface area (Å²) in [5.74, 6) is 2.92. The lowest BCUT2D eigenvalue weighted by atomic mass is 10.1. The van der Waals surface area contributed by atoms with Crippen molar-refractivity contribution in [1.82, 2.24) is 5.32 Å². The van der Waals surface area contributed by atoms with Gasteiger partial charge in [-0.05, 0) is 53.9 Å². The van der Waals surface area contributed by atoms with E-state index in [2.05, 4.69) is 27.3 Å². The molecule has 0 amide bonds. The van der Waals surface area contributed by atoms with Gasteiger partial charge in [0.2, 0.25) is 0 Å². The van der Waals surface area contributed by atoms with Crippen LogP contribution in [0.15, 0.2) is 65.1 Å². The van der Waals surface area contributed by atoms with Crippen LogP contribution in [-0.4, -0.2) is 27.9 Å². The highest BCUT2D eigenvalue weighted by atomic mass is 79.9. The summed E-state index contributed by atoms with van der Waals surface area (Å²) in [6, 6.07) is 20.1. The Labute approximate surface area is 192 Å². The fraction of sp³-hybridized carbons (Fsp3) is 0.280. The Hall–Kier alpha value is -2.70. The first-order valence-electron chi connectivity index (χ1n) is 10.1. The number of hydrogen-bond donors (Lipinski definition) is 1. The summed E-state index contributed by atoms with van der Waals surface area (Å²) in [5.41, 5.74) is 3.41. The Balaban J connectivity index is 1.56. The molecule has 3 aromatic carbocycles. The van der Waals surface area contributed by atoms with Gasteiger partial charge in [0.15, 0.2) is 23.0 Å². The summed E-state index contributed by atoms with van der Waals surface area (Å²) in [7, 11) is 4.95. The highest BCUT2D eigenvalue weighted by molar-refractivity contribution is 9.10. The maximum atomic E-state index is 5.98. The van der Waals surface area contributed by atoms with E-state index in [0.29, 0.717) is 18.9 Å². The van der Waals surface area contributed by atoms with Crippen molar-refractivity contribution in [3.8, 4) is 23.0 Å². The molecule has 0 saturated heterocycles. The molecule has 0 atom stereocenters. The van der Waals surface area contributed by atoms with E-state index in [1.807, 2.05) is 54.6 Å². The van der Waals surface area contributed by atoms with Gasteiger partial charge in [-0.2, -0.15) is 0 Å². The molecule has 0 aliphatic heterocycles. The van der Waals surface area contributed by atoms with Gasteiger partial charge in [0.1, 0.15) is 6.61 Å². The second kappa shape index (κ2) is 11.6. The monoisotopic (exact) mass is 485 g/mol. The lowest BCUT2D eigenvalue weighted by Gasteiger charge is -2.15. The maximum Gasteiger partial charge on any atom is 0.162 e. The molecule has 0 radical (unpaired) electrons. The lowest BCUT2D eigenvalue weighted by molar-refractivity contribution is 0.284. The van der Waals surface area contributed by atoms with Crippen molar-refractivity contribution < 1.29 is 18.9 Å². The Kier molecular flexibility index (Phi) is 8.62. The van der Waals surface area contributed by atoms with E-state index in [9.17, 15) is 0 Å². The number of halogens is 1. The van der Waals surface area contributed by atoms with Gasteiger partial charge in [0, 0.05) is 11.0 Å². The lowest BCUT2D eigenvalue weighted by Crippen LogP contribution is -2.17. The molecule has 0 saturated carbocycles. The molecule has 0 spiro atoms. The normalized spacial score (nSPS) is 10.6. The van der Waals surface area contributed by atoms with Crippen LogP contribution in [0.4, 0.5) is 0 Å². The van der Waals surface area contributed by atoms with E-state index >= 15 is 0 Å². The van der Waals surface area contributed by atoms with Crippen molar-refractivity contribution in [2.45, 2.75) is 19.6 Å². The summed E-state index contributed by atoms with van der Waals surface area (Å²) >= 11 is 3.66. The van der Waals surface area contributed by atoms with Gasteiger partial charge in [-0.1, -0.05) is 52.3 Å². The summed E-state index contributed by atoms with van der Waals surface area (Å²) in [5, 5.41) is 3.49. The van der Waals surface area contributed by atoms with Crippen LogP contribution in [0.1, 0.15) is 16.7 Å². The highest BCUT2D eigenvalue weighted by Gasteiger charge is 2.11. The topological polar surface area (TPSA) is 49.0 Å². The fourth-order valence-corrected chi connectivity index (χ4v) is 3.67. The van der Waals surface area contributed by atoms with E-state index in [4.69, 9.17) is 18.9 Å². The Morgan fingerprint density at radius 2 is 1.45 bits per heavy atom. The number of nitrogens with one attached hydrogen (secondary N) is 1. The number of rotatable bonds is 11. The van der Waals surface area contributed by atoms with Crippen LogP contribution in [0.3, 0.4) is 0 Å². The zero-order valence-corrected chi connectivity index (χ0v) is 19.7. The smallest absolute Gasteiger partial charge is 0.162 e. The minimum absolute atomic E-state index is 0.493. The van der Waals surface area contributed by atoms with Crippen molar-refractivity contribution in [2.24, 2.45) is 0 Å². The molecule has 164 valence electrons. The van der Waals surface area contributed by atoms with Gasteiger partial charge in [-0.25, -0.2) is 0 Å². The number of hydrogen-bond acceptors (Lipinski definition) is 5. The third kappa shape index (κ3) is 6.39. The van der Waals surface area contributed by atoms with Crippen LogP contribution in [0.2, 0.25) is 0 Å².